The van der Waals surface area contributed by atoms with Gasteiger partial charge in [0.1, 0.15) is 11.1 Å². The number of nitrogens with zero attached hydrogens (tertiary/aromatic N) is 2. The largest absolute Gasteiger partial charge is 0.438 e. The van der Waals surface area contributed by atoms with Crippen LogP contribution in [0, 0.1) is 5.92 Å². The van der Waals surface area contributed by atoms with E-state index in [1.54, 1.807) is 12.4 Å². The summed E-state index contributed by atoms with van der Waals surface area (Å²) in [5.74, 6) is 1.56. The van der Waals surface area contributed by atoms with Gasteiger partial charge in [-0.15, -0.1) is 0 Å². The van der Waals surface area contributed by atoms with Gasteiger partial charge in [-0.3, -0.25) is 14.8 Å². The van der Waals surface area contributed by atoms with Gasteiger partial charge in [-0.25, -0.2) is 0 Å². The average molecular weight is 405 g/mol. The van der Waals surface area contributed by atoms with Crippen LogP contribution in [-0.4, -0.2) is 21.8 Å². The molecule has 2 fully saturated rings. The van der Waals surface area contributed by atoms with Crippen LogP contribution in [0.15, 0.2) is 35.1 Å². The summed E-state index contributed by atoms with van der Waals surface area (Å²) in [4.78, 5) is 22.1. The Kier molecular flexibility index (Phi) is 4.82. The van der Waals surface area contributed by atoms with Crippen LogP contribution >= 0.6 is 0 Å². The first-order valence-corrected chi connectivity index (χ1v) is 10.9. The van der Waals surface area contributed by atoms with Crippen molar-refractivity contribution in [3.05, 3.63) is 53.0 Å². The Hall–Kier alpha value is -2.73. The number of hydrogen-bond acceptors (Lipinski definition) is 6. The fraction of sp³-hybridized carbons (Fsp3) is 0.458. The second-order valence-corrected chi connectivity index (χ2v) is 9.17. The Morgan fingerprint density at radius 1 is 1.20 bits per heavy atom. The predicted octanol–water partition coefficient (Wildman–Crippen LogP) is 4.34. The highest BCUT2D eigenvalue weighted by Crippen LogP contribution is 2.41. The Morgan fingerprint density at radius 3 is 2.80 bits per heavy atom. The lowest BCUT2D eigenvalue weighted by Crippen LogP contribution is -2.31. The molecular weight excluding hydrogens is 376 g/mol. The number of nitrogens with two attached hydrogens (primary N) is 2. The van der Waals surface area contributed by atoms with E-state index in [2.05, 4.69) is 16.9 Å². The van der Waals surface area contributed by atoms with Crippen molar-refractivity contribution >= 4 is 22.8 Å². The van der Waals surface area contributed by atoms with Crippen LogP contribution in [0.4, 0.5) is 5.88 Å². The molecule has 0 aromatic carbocycles. The Bertz CT molecular complexity index is 1090. The SMILES string of the molecule is C[C@@H]1C[C@H](N)C[C@H](c2ccncc2CC(=O)c2c(N)oc3cc(C4CC4)cnc23)C1. The Balaban J connectivity index is 1.44. The zero-order valence-electron chi connectivity index (χ0n) is 17.3. The van der Waals surface area contributed by atoms with E-state index in [0.29, 0.717) is 34.4 Å². The summed E-state index contributed by atoms with van der Waals surface area (Å²) in [5.41, 5.74) is 17.2. The van der Waals surface area contributed by atoms with E-state index >= 15 is 0 Å². The molecule has 3 aromatic rings. The summed E-state index contributed by atoms with van der Waals surface area (Å²) < 4.78 is 5.71. The minimum atomic E-state index is -0.0830. The molecule has 4 N–H and O–H groups in total. The van der Waals surface area contributed by atoms with Crippen molar-refractivity contribution < 1.29 is 9.21 Å². The summed E-state index contributed by atoms with van der Waals surface area (Å²) in [6.07, 6.45) is 11.1. The van der Waals surface area contributed by atoms with Gasteiger partial charge in [-0.1, -0.05) is 6.92 Å². The third-order valence-electron chi connectivity index (χ3n) is 6.62. The second kappa shape index (κ2) is 7.51. The zero-order chi connectivity index (χ0) is 20.8. The van der Waals surface area contributed by atoms with E-state index in [9.17, 15) is 4.79 Å². The number of rotatable bonds is 5. The van der Waals surface area contributed by atoms with Crippen LogP contribution in [0.1, 0.15) is 77.9 Å². The van der Waals surface area contributed by atoms with Crippen molar-refractivity contribution in [1.82, 2.24) is 9.97 Å². The number of hydrogen-bond donors (Lipinski definition) is 2. The van der Waals surface area contributed by atoms with E-state index < -0.39 is 0 Å². The summed E-state index contributed by atoms with van der Waals surface area (Å²) in [6, 6.07) is 4.22. The molecule has 2 aliphatic rings. The topological polar surface area (TPSA) is 108 Å². The fourth-order valence-corrected chi connectivity index (χ4v) is 5.08. The molecule has 6 heteroatoms. The minimum absolute atomic E-state index is 0.0830. The lowest BCUT2D eigenvalue weighted by Gasteiger charge is -2.32. The van der Waals surface area contributed by atoms with Crippen LogP contribution in [0.5, 0.6) is 0 Å². The molecule has 0 saturated heterocycles. The number of carbonyl (C=O) groups excluding carboxylic acids is 1. The number of pyridine rings is 2. The Morgan fingerprint density at radius 2 is 2.03 bits per heavy atom. The van der Waals surface area contributed by atoms with Crippen LogP contribution in [0.2, 0.25) is 0 Å². The fourth-order valence-electron chi connectivity index (χ4n) is 5.08. The molecule has 5 rings (SSSR count). The van der Waals surface area contributed by atoms with E-state index in [4.69, 9.17) is 15.9 Å². The predicted molar refractivity (Wildman–Crippen MR) is 116 cm³/mol. The normalized spacial score (nSPS) is 24.3. The van der Waals surface area contributed by atoms with E-state index in [-0.39, 0.29) is 24.1 Å². The van der Waals surface area contributed by atoms with Crippen molar-refractivity contribution in [2.24, 2.45) is 11.7 Å². The van der Waals surface area contributed by atoms with Crippen molar-refractivity contribution in [3.63, 3.8) is 0 Å². The maximum Gasteiger partial charge on any atom is 0.204 e. The number of nitrogen functional groups attached to an aromatic ring is 1. The highest BCUT2D eigenvalue weighted by Gasteiger charge is 2.29. The summed E-state index contributed by atoms with van der Waals surface area (Å²) >= 11 is 0. The van der Waals surface area contributed by atoms with Crippen molar-refractivity contribution in [3.8, 4) is 0 Å². The number of furan rings is 1. The number of fused-ring (bicyclic) bond motifs is 1. The third-order valence-corrected chi connectivity index (χ3v) is 6.62. The van der Waals surface area contributed by atoms with E-state index in [0.717, 1.165) is 30.4 Å². The lowest BCUT2D eigenvalue weighted by molar-refractivity contribution is 0.0994. The summed E-state index contributed by atoms with van der Waals surface area (Å²) in [6.45, 7) is 2.25. The zero-order valence-corrected chi connectivity index (χ0v) is 17.3. The first-order valence-electron chi connectivity index (χ1n) is 10.9. The molecule has 0 radical (unpaired) electrons. The van der Waals surface area contributed by atoms with Crippen LogP contribution in [0.25, 0.3) is 11.1 Å². The number of anilines is 1. The number of Topliss-reactive ketones (excluding diaryl/α,β-unsaturated/α-hetero) is 1. The second-order valence-electron chi connectivity index (χ2n) is 9.17. The van der Waals surface area contributed by atoms with Crippen molar-refractivity contribution in [2.75, 3.05) is 5.73 Å². The highest BCUT2D eigenvalue weighted by atomic mass is 16.3. The average Bonchev–Trinajstić information content (AvgIpc) is 3.49. The van der Waals surface area contributed by atoms with Gasteiger partial charge in [-0.2, -0.15) is 0 Å². The van der Waals surface area contributed by atoms with Gasteiger partial charge in [0, 0.05) is 31.1 Å². The summed E-state index contributed by atoms with van der Waals surface area (Å²) in [7, 11) is 0. The molecule has 0 bridgehead atoms. The molecule has 30 heavy (non-hydrogen) atoms. The quantitative estimate of drug-likeness (QED) is 0.613. The number of aromatic nitrogens is 2. The molecule has 0 amide bonds. The van der Waals surface area contributed by atoms with Crippen molar-refractivity contribution in [1.29, 1.82) is 0 Å². The monoisotopic (exact) mass is 404 g/mol. The van der Waals surface area contributed by atoms with E-state index in [1.165, 1.54) is 18.4 Å². The third kappa shape index (κ3) is 3.60. The van der Waals surface area contributed by atoms with Gasteiger partial charge in [0.05, 0.1) is 0 Å². The van der Waals surface area contributed by atoms with Crippen LogP contribution in [0.3, 0.4) is 0 Å². The molecule has 6 nitrogen and oxygen atoms in total. The first-order chi connectivity index (χ1) is 14.5. The maximum atomic E-state index is 13.3. The molecule has 2 aliphatic carbocycles. The van der Waals surface area contributed by atoms with Gasteiger partial charge in [0.25, 0.3) is 0 Å². The minimum Gasteiger partial charge on any atom is -0.438 e. The molecule has 3 heterocycles. The maximum absolute atomic E-state index is 13.3. The molecule has 0 aliphatic heterocycles. The van der Waals surface area contributed by atoms with Gasteiger partial charge < -0.3 is 15.9 Å². The van der Waals surface area contributed by atoms with Gasteiger partial charge in [-0.05, 0) is 78.7 Å². The van der Waals surface area contributed by atoms with Crippen LogP contribution in [-0.2, 0) is 6.42 Å². The summed E-state index contributed by atoms with van der Waals surface area (Å²) in [5, 5.41) is 0. The lowest BCUT2D eigenvalue weighted by atomic mass is 9.75. The number of carbonyl (C=O) groups is 1. The molecule has 3 aromatic heterocycles. The van der Waals surface area contributed by atoms with Crippen molar-refractivity contribution in [2.45, 2.75) is 63.3 Å². The molecular formula is C24H28N4O2. The van der Waals surface area contributed by atoms with Gasteiger partial charge >= 0.3 is 0 Å². The molecule has 156 valence electrons. The smallest absolute Gasteiger partial charge is 0.204 e. The highest BCUT2D eigenvalue weighted by molar-refractivity contribution is 6.10. The van der Waals surface area contributed by atoms with Crippen LogP contribution < -0.4 is 11.5 Å². The van der Waals surface area contributed by atoms with E-state index in [1.807, 2.05) is 18.3 Å². The van der Waals surface area contributed by atoms with Gasteiger partial charge in [0.2, 0.25) is 5.88 Å². The molecule has 2 saturated carbocycles. The molecule has 0 spiro atoms. The van der Waals surface area contributed by atoms with Gasteiger partial charge in [0.15, 0.2) is 11.4 Å². The molecule has 3 atom stereocenters. The standard InChI is InChI=1S/C24H28N4O2/c1-13-6-15(8-18(25)7-13)19-4-5-27-11-17(19)9-20(29)22-23-21(30-24(22)26)10-16(12-28-23)14-2-3-14/h4-5,10-15,18H,2-3,6-9,25-26H2,1H3/t13-,15+,18-/m0/s1. The number of ketones is 1. The first kappa shape index (κ1) is 19.2. The molecule has 0 unspecified atom stereocenters. The Labute approximate surface area is 176 Å².